The summed E-state index contributed by atoms with van der Waals surface area (Å²) in [5, 5.41) is 13.2. The Morgan fingerprint density at radius 2 is 1.74 bits per heavy atom. The Balaban J connectivity index is 1.38. The van der Waals surface area contributed by atoms with Crippen LogP contribution in [0.3, 0.4) is 0 Å². The van der Waals surface area contributed by atoms with Crippen LogP contribution in [-0.4, -0.2) is 46.9 Å². The molecule has 1 atom stereocenters. The van der Waals surface area contributed by atoms with Crippen molar-refractivity contribution in [1.82, 2.24) is 4.90 Å². The van der Waals surface area contributed by atoms with Gasteiger partial charge in [0.05, 0.1) is 33.9 Å². The molecule has 2 aliphatic rings. The maximum absolute atomic E-state index is 13.0. The van der Waals surface area contributed by atoms with Gasteiger partial charge in [0.1, 0.15) is 5.75 Å². The van der Waals surface area contributed by atoms with Crippen LogP contribution in [0.25, 0.3) is 0 Å². The number of rotatable bonds is 4. The molecule has 0 bridgehead atoms. The smallest absolute Gasteiger partial charge is 0.251 e. The fourth-order valence-corrected chi connectivity index (χ4v) is 4.38. The van der Waals surface area contributed by atoms with E-state index in [2.05, 4.69) is 5.32 Å². The highest BCUT2D eigenvalue weighted by Crippen LogP contribution is 2.33. The number of piperidine rings is 1. The predicted octanol–water partition coefficient (Wildman–Crippen LogP) is 3.68. The van der Waals surface area contributed by atoms with Gasteiger partial charge in [-0.15, -0.1) is 0 Å². The molecule has 0 spiro atoms. The van der Waals surface area contributed by atoms with Crippen molar-refractivity contribution in [3.8, 4) is 5.75 Å². The number of benzene rings is 2. The molecule has 4 rings (SSSR count). The number of para-hydroxylation sites is 2. The van der Waals surface area contributed by atoms with E-state index in [1.807, 2.05) is 4.90 Å². The summed E-state index contributed by atoms with van der Waals surface area (Å²) in [6.07, 6.45) is 1.21. The third-order valence-electron chi connectivity index (χ3n) is 5.79. The molecule has 2 fully saturated rings. The Morgan fingerprint density at radius 1 is 1.03 bits per heavy atom. The van der Waals surface area contributed by atoms with E-state index in [-0.39, 0.29) is 40.8 Å². The Hall–Kier alpha value is -2.61. The van der Waals surface area contributed by atoms with Gasteiger partial charge in [-0.05, 0) is 56.3 Å². The minimum atomic E-state index is -0.552. The van der Waals surface area contributed by atoms with Gasteiger partial charge in [0, 0.05) is 5.92 Å². The highest BCUT2D eigenvalue weighted by Gasteiger charge is 2.44. The highest BCUT2D eigenvalue weighted by atomic mass is 35.5. The van der Waals surface area contributed by atoms with Crippen LogP contribution in [0.4, 0.5) is 11.4 Å². The van der Waals surface area contributed by atoms with E-state index < -0.39 is 6.04 Å². The number of amides is 3. The van der Waals surface area contributed by atoms with E-state index in [1.165, 1.54) is 12.1 Å². The second kappa shape index (κ2) is 8.86. The topological polar surface area (TPSA) is 89.9 Å². The molecule has 2 aromatic carbocycles. The summed E-state index contributed by atoms with van der Waals surface area (Å²) in [5.74, 6) is -0.944. The third-order valence-corrected chi connectivity index (χ3v) is 6.53. The second-order valence-electron chi connectivity index (χ2n) is 7.70. The number of anilines is 2. The quantitative estimate of drug-likeness (QED) is 0.535. The van der Waals surface area contributed by atoms with Gasteiger partial charge in [0.15, 0.2) is 0 Å². The van der Waals surface area contributed by atoms with Crippen molar-refractivity contribution in [3.05, 3.63) is 52.5 Å². The Morgan fingerprint density at radius 3 is 2.42 bits per heavy atom. The van der Waals surface area contributed by atoms with Gasteiger partial charge < -0.3 is 10.4 Å². The molecule has 31 heavy (non-hydrogen) atoms. The summed E-state index contributed by atoms with van der Waals surface area (Å²) in [6, 6.07) is 10.7. The van der Waals surface area contributed by atoms with E-state index in [1.54, 1.807) is 30.3 Å². The molecule has 162 valence electrons. The lowest BCUT2D eigenvalue weighted by Crippen LogP contribution is -2.47. The van der Waals surface area contributed by atoms with Crippen molar-refractivity contribution in [1.29, 1.82) is 0 Å². The molecular formula is C22H21Cl2N3O4. The average molecular weight is 462 g/mol. The van der Waals surface area contributed by atoms with Crippen molar-refractivity contribution >= 4 is 52.3 Å². The van der Waals surface area contributed by atoms with Crippen molar-refractivity contribution in [3.63, 3.8) is 0 Å². The first-order chi connectivity index (χ1) is 14.8. The molecule has 2 aliphatic heterocycles. The van der Waals surface area contributed by atoms with E-state index in [0.717, 1.165) is 4.90 Å². The zero-order valence-electron chi connectivity index (χ0n) is 16.6. The first kappa shape index (κ1) is 21.6. The van der Waals surface area contributed by atoms with Crippen LogP contribution in [0.5, 0.6) is 5.75 Å². The van der Waals surface area contributed by atoms with Gasteiger partial charge in [-0.25, -0.2) is 4.90 Å². The molecule has 1 unspecified atom stereocenters. The van der Waals surface area contributed by atoms with Gasteiger partial charge in [0.25, 0.3) is 5.91 Å². The molecule has 2 N–H and O–H groups in total. The number of nitrogens with zero attached hydrogens (tertiary/aromatic N) is 2. The first-order valence-corrected chi connectivity index (χ1v) is 10.8. The molecule has 2 aromatic rings. The van der Waals surface area contributed by atoms with Crippen molar-refractivity contribution in [2.75, 3.05) is 23.3 Å². The Kier molecular flexibility index (Phi) is 6.18. The normalized spacial score (nSPS) is 20.3. The van der Waals surface area contributed by atoms with Gasteiger partial charge in [-0.1, -0.05) is 35.3 Å². The largest absolute Gasteiger partial charge is 0.506 e. The Bertz CT molecular complexity index is 1040. The maximum Gasteiger partial charge on any atom is 0.251 e. The zero-order chi connectivity index (χ0) is 22.1. The summed E-state index contributed by atoms with van der Waals surface area (Å²) in [6.45, 7) is 1.05. The number of phenols is 1. The van der Waals surface area contributed by atoms with Gasteiger partial charge in [-0.3, -0.25) is 19.3 Å². The number of carbonyl (C=O) groups is 3. The minimum absolute atomic E-state index is 0.0192. The molecule has 0 saturated carbocycles. The molecule has 3 amide bonds. The fourth-order valence-electron chi connectivity index (χ4n) is 4.08. The molecule has 0 aromatic heterocycles. The van der Waals surface area contributed by atoms with E-state index >= 15 is 0 Å². The van der Waals surface area contributed by atoms with E-state index in [4.69, 9.17) is 23.2 Å². The molecule has 0 aliphatic carbocycles. The van der Waals surface area contributed by atoms with Crippen LogP contribution in [-0.2, 0) is 14.4 Å². The van der Waals surface area contributed by atoms with Crippen molar-refractivity contribution in [2.24, 2.45) is 5.92 Å². The predicted molar refractivity (Wildman–Crippen MR) is 118 cm³/mol. The van der Waals surface area contributed by atoms with Crippen LogP contribution in [0.15, 0.2) is 42.5 Å². The van der Waals surface area contributed by atoms with Crippen LogP contribution >= 0.6 is 23.2 Å². The number of imide groups is 1. The van der Waals surface area contributed by atoms with E-state index in [0.29, 0.717) is 42.3 Å². The standard InChI is InChI=1S/C22H21Cl2N3O4/c23-15-6-5-14(11-16(15)24)27-20(29)12-18(22(27)31)26-9-7-13(8-10-26)21(30)25-17-3-1-2-4-19(17)28/h1-6,11,13,18,28H,7-10,12H2,(H,25,30). The molecule has 2 heterocycles. The number of phenolic OH excluding ortho intramolecular Hbond substituents is 1. The number of aromatic hydroxyl groups is 1. The number of hydrogen-bond donors (Lipinski definition) is 2. The third kappa shape index (κ3) is 4.39. The van der Waals surface area contributed by atoms with Gasteiger partial charge >= 0.3 is 0 Å². The van der Waals surface area contributed by atoms with Crippen LogP contribution in [0.1, 0.15) is 19.3 Å². The van der Waals surface area contributed by atoms with E-state index in [9.17, 15) is 19.5 Å². The summed E-state index contributed by atoms with van der Waals surface area (Å²) in [5.41, 5.74) is 0.785. The Labute approximate surface area is 189 Å². The summed E-state index contributed by atoms with van der Waals surface area (Å²) in [7, 11) is 0. The summed E-state index contributed by atoms with van der Waals surface area (Å²) < 4.78 is 0. The number of carbonyl (C=O) groups excluding carboxylic acids is 3. The first-order valence-electron chi connectivity index (χ1n) is 10.00. The maximum atomic E-state index is 13.0. The second-order valence-corrected chi connectivity index (χ2v) is 8.52. The lowest BCUT2D eigenvalue weighted by atomic mass is 9.94. The lowest BCUT2D eigenvalue weighted by molar-refractivity contribution is -0.123. The SMILES string of the molecule is O=C(Nc1ccccc1O)C1CCN(C2CC(=O)N(c3ccc(Cl)c(Cl)c3)C2=O)CC1. The average Bonchev–Trinajstić information content (AvgIpc) is 3.06. The summed E-state index contributed by atoms with van der Waals surface area (Å²) >= 11 is 12.0. The minimum Gasteiger partial charge on any atom is -0.506 e. The van der Waals surface area contributed by atoms with Crippen molar-refractivity contribution < 1.29 is 19.5 Å². The van der Waals surface area contributed by atoms with Crippen LogP contribution in [0, 0.1) is 5.92 Å². The molecule has 0 radical (unpaired) electrons. The summed E-state index contributed by atoms with van der Waals surface area (Å²) in [4.78, 5) is 41.2. The monoisotopic (exact) mass is 461 g/mol. The molecule has 2 saturated heterocycles. The molecular weight excluding hydrogens is 441 g/mol. The fraction of sp³-hybridized carbons (Fsp3) is 0.318. The van der Waals surface area contributed by atoms with Crippen LogP contribution in [0.2, 0.25) is 10.0 Å². The number of hydrogen-bond acceptors (Lipinski definition) is 5. The number of halogens is 2. The number of likely N-dealkylation sites (tertiary alicyclic amines) is 1. The lowest BCUT2D eigenvalue weighted by Gasteiger charge is -2.34. The van der Waals surface area contributed by atoms with Gasteiger partial charge in [0.2, 0.25) is 11.8 Å². The van der Waals surface area contributed by atoms with Gasteiger partial charge in [-0.2, -0.15) is 0 Å². The highest BCUT2D eigenvalue weighted by molar-refractivity contribution is 6.42. The molecule has 9 heteroatoms. The zero-order valence-corrected chi connectivity index (χ0v) is 18.1. The molecule has 7 nitrogen and oxygen atoms in total. The number of nitrogens with one attached hydrogen (secondary N) is 1. The van der Waals surface area contributed by atoms with Crippen molar-refractivity contribution in [2.45, 2.75) is 25.3 Å². The van der Waals surface area contributed by atoms with Crippen LogP contribution < -0.4 is 10.2 Å².